The Hall–Kier alpha value is -0.355. The number of aryl methyl sites for hydroxylation is 1. The van der Waals surface area contributed by atoms with E-state index in [1.807, 2.05) is 0 Å². The molecule has 5 heteroatoms. The van der Waals surface area contributed by atoms with Crippen LogP contribution in [0, 0.1) is 6.92 Å². The van der Waals surface area contributed by atoms with Gasteiger partial charge >= 0.3 is 7.12 Å². The maximum absolute atomic E-state index is 6.18. The second-order valence-electron chi connectivity index (χ2n) is 6.32. The fraction of sp³-hybridized carbons (Fsp3) is 0.467. The molecule has 2 nitrogen and oxygen atoms in total. The Balaban J connectivity index is 2.11. The van der Waals surface area contributed by atoms with Gasteiger partial charge in [0.05, 0.1) is 11.2 Å². The summed E-state index contributed by atoms with van der Waals surface area (Å²) >= 11 is 5.41. The highest BCUT2D eigenvalue weighted by molar-refractivity contribution is 9.10. The number of fused-ring (bicyclic) bond motifs is 1. The normalized spacial score (nSPS) is 20.8. The van der Waals surface area contributed by atoms with E-state index in [1.54, 1.807) is 11.3 Å². The second kappa shape index (κ2) is 4.57. The third-order valence-electron chi connectivity index (χ3n) is 4.29. The first-order chi connectivity index (χ1) is 9.21. The zero-order chi connectivity index (χ0) is 14.7. The van der Waals surface area contributed by atoms with Crippen LogP contribution in [0.25, 0.3) is 10.1 Å². The largest absolute Gasteiger partial charge is 0.496 e. The molecule has 3 rings (SSSR count). The van der Waals surface area contributed by atoms with E-state index in [9.17, 15) is 0 Å². The number of hydrogen-bond donors (Lipinski definition) is 0. The SMILES string of the molecule is Cc1cc2c(Br)ccc(B3OC(C)(C)C(C)(C)O3)c2s1. The van der Waals surface area contributed by atoms with Crippen molar-refractivity contribution in [1.82, 2.24) is 0 Å². The van der Waals surface area contributed by atoms with Gasteiger partial charge in [0.25, 0.3) is 0 Å². The van der Waals surface area contributed by atoms with E-state index in [2.05, 4.69) is 68.7 Å². The predicted octanol–water partition coefficient (Wildman–Crippen LogP) is 4.27. The molecule has 0 amide bonds. The first kappa shape index (κ1) is 14.6. The first-order valence-electron chi connectivity index (χ1n) is 6.75. The molecular weight excluding hydrogens is 335 g/mol. The highest BCUT2D eigenvalue weighted by Gasteiger charge is 2.52. The molecule has 1 aromatic heterocycles. The lowest BCUT2D eigenvalue weighted by Crippen LogP contribution is -2.41. The molecule has 0 radical (unpaired) electrons. The van der Waals surface area contributed by atoms with Gasteiger partial charge in [0.1, 0.15) is 0 Å². The lowest BCUT2D eigenvalue weighted by atomic mass is 9.78. The quantitative estimate of drug-likeness (QED) is 0.713. The third kappa shape index (κ3) is 2.15. The van der Waals surface area contributed by atoms with E-state index in [0.29, 0.717) is 0 Å². The van der Waals surface area contributed by atoms with Crippen molar-refractivity contribution in [3.05, 3.63) is 27.5 Å². The monoisotopic (exact) mass is 352 g/mol. The van der Waals surface area contributed by atoms with Crippen molar-refractivity contribution < 1.29 is 9.31 Å². The van der Waals surface area contributed by atoms with Gasteiger partial charge in [-0.25, -0.2) is 0 Å². The van der Waals surface area contributed by atoms with Crippen LogP contribution < -0.4 is 5.46 Å². The van der Waals surface area contributed by atoms with Crippen LogP contribution in [0.2, 0.25) is 0 Å². The Bertz CT molecular complexity index is 662. The molecule has 1 saturated heterocycles. The van der Waals surface area contributed by atoms with Crippen molar-refractivity contribution in [2.24, 2.45) is 0 Å². The molecule has 1 aromatic carbocycles. The van der Waals surface area contributed by atoms with Crippen LogP contribution in [-0.2, 0) is 9.31 Å². The summed E-state index contributed by atoms with van der Waals surface area (Å²) in [7, 11) is -0.298. The van der Waals surface area contributed by atoms with Crippen molar-refractivity contribution in [2.45, 2.75) is 45.8 Å². The van der Waals surface area contributed by atoms with Crippen LogP contribution in [0.4, 0.5) is 0 Å². The smallest absolute Gasteiger partial charge is 0.399 e. The van der Waals surface area contributed by atoms with E-state index in [4.69, 9.17) is 9.31 Å². The molecule has 0 unspecified atom stereocenters. The molecule has 0 saturated carbocycles. The van der Waals surface area contributed by atoms with Gasteiger partial charge in [-0.2, -0.15) is 0 Å². The van der Waals surface area contributed by atoms with Crippen LogP contribution >= 0.6 is 27.3 Å². The number of hydrogen-bond acceptors (Lipinski definition) is 3. The van der Waals surface area contributed by atoms with Gasteiger partial charge in [0.15, 0.2) is 0 Å². The second-order valence-corrected chi connectivity index (χ2v) is 8.44. The van der Waals surface area contributed by atoms with E-state index >= 15 is 0 Å². The minimum absolute atomic E-state index is 0.298. The summed E-state index contributed by atoms with van der Waals surface area (Å²) in [4.78, 5) is 1.30. The van der Waals surface area contributed by atoms with Crippen LogP contribution in [-0.4, -0.2) is 18.3 Å². The molecule has 2 heterocycles. The molecule has 0 N–H and O–H groups in total. The zero-order valence-corrected chi connectivity index (χ0v) is 14.8. The van der Waals surface area contributed by atoms with Crippen molar-refractivity contribution in [3.63, 3.8) is 0 Å². The summed E-state index contributed by atoms with van der Waals surface area (Å²) in [5.74, 6) is 0. The van der Waals surface area contributed by atoms with Crippen molar-refractivity contribution in [1.29, 1.82) is 0 Å². The summed E-state index contributed by atoms with van der Waals surface area (Å²) in [5.41, 5.74) is 0.521. The predicted molar refractivity (Wildman–Crippen MR) is 90.0 cm³/mol. The molecular formula is C15H18BBrO2S. The van der Waals surface area contributed by atoms with Gasteiger partial charge in [0, 0.05) is 24.9 Å². The molecule has 0 atom stereocenters. The molecule has 0 bridgehead atoms. The first-order valence-corrected chi connectivity index (χ1v) is 8.36. The van der Waals surface area contributed by atoms with Crippen molar-refractivity contribution in [2.75, 3.05) is 0 Å². The minimum Gasteiger partial charge on any atom is -0.399 e. The highest BCUT2D eigenvalue weighted by atomic mass is 79.9. The average Bonchev–Trinajstić information content (AvgIpc) is 2.78. The zero-order valence-electron chi connectivity index (χ0n) is 12.4. The average molecular weight is 353 g/mol. The van der Waals surface area contributed by atoms with Gasteiger partial charge < -0.3 is 9.31 Å². The lowest BCUT2D eigenvalue weighted by molar-refractivity contribution is 0.00578. The maximum Gasteiger partial charge on any atom is 0.496 e. The molecule has 1 aliphatic rings. The molecule has 106 valence electrons. The van der Waals surface area contributed by atoms with E-state index in [0.717, 1.165) is 9.94 Å². The van der Waals surface area contributed by atoms with Gasteiger partial charge in [-0.3, -0.25) is 0 Å². The fourth-order valence-electron chi connectivity index (χ4n) is 2.39. The van der Waals surface area contributed by atoms with E-state index < -0.39 is 0 Å². The lowest BCUT2D eigenvalue weighted by Gasteiger charge is -2.32. The topological polar surface area (TPSA) is 18.5 Å². The maximum atomic E-state index is 6.18. The fourth-order valence-corrected chi connectivity index (χ4v) is 4.03. The van der Waals surface area contributed by atoms with E-state index in [-0.39, 0.29) is 18.3 Å². The van der Waals surface area contributed by atoms with Crippen LogP contribution in [0.3, 0.4) is 0 Å². The van der Waals surface area contributed by atoms with Crippen molar-refractivity contribution >= 4 is 49.9 Å². The molecule has 0 aliphatic carbocycles. The van der Waals surface area contributed by atoms with Gasteiger partial charge in [0.2, 0.25) is 0 Å². The molecule has 20 heavy (non-hydrogen) atoms. The van der Waals surface area contributed by atoms with Gasteiger partial charge in [-0.05, 0) is 46.8 Å². The Kier molecular flexibility index (Phi) is 3.33. The van der Waals surface area contributed by atoms with Gasteiger partial charge in [-0.15, -0.1) is 11.3 Å². The number of benzene rings is 1. The molecule has 1 fully saturated rings. The Morgan fingerprint density at radius 3 is 2.30 bits per heavy atom. The molecule has 2 aromatic rings. The summed E-state index contributed by atoms with van der Waals surface area (Å²) < 4.78 is 14.7. The summed E-state index contributed by atoms with van der Waals surface area (Å²) in [5, 5.41) is 1.24. The molecule has 0 spiro atoms. The number of halogens is 1. The van der Waals surface area contributed by atoms with Crippen LogP contribution in [0.1, 0.15) is 32.6 Å². The standard InChI is InChI=1S/C15H18BBrO2S/c1-9-8-10-12(17)7-6-11(13(10)20-9)16-18-14(2,3)15(4,5)19-16/h6-8H,1-5H3. The molecule has 1 aliphatic heterocycles. The van der Waals surface area contributed by atoms with Crippen molar-refractivity contribution in [3.8, 4) is 0 Å². The Morgan fingerprint density at radius 2 is 1.70 bits per heavy atom. The summed E-state index contributed by atoms with van der Waals surface area (Å²) in [6, 6.07) is 6.39. The number of thiophene rings is 1. The summed E-state index contributed by atoms with van der Waals surface area (Å²) in [6.45, 7) is 10.5. The minimum atomic E-state index is -0.302. The van der Waals surface area contributed by atoms with Crippen LogP contribution in [0.5, 0.6) is 0 Å². The summed E-state index contributed by atoms with van der Waals surface area (Å²) in [6.07, 6.45) is 0. The highest BCUT2D eigenvalue weighted by Crippen LogP contribution is 2.38. The van der Waals surface area contributed by atoms with Gasteiger partial charge in [-0.1, -0.05) is 22.0 Å². The Labute approximate surface area is 132 Å². The third-order valence-corrected chi connectivity index (χ3v) is 6.08. The Morgan fingerprint density at radius 1 is 1.10 bits per heavy atom. The van der Waals surface area contributed by atoms with Crippen LogP contribution in [0.15, 0.2) is 22.7 Å². The van der Waals surface area contributed by atoms with E-state index in [1.165, 1.54) is 15.0 Å². The number of rotatable bonds is 1.